The van der Waals surface area contributed by atoms with E-state index in [1.807, 2.05) is 6.92 Å². The highest BCUT2D eigenvalue weighted by Gasteiger charge is 2.18. The molecule has 1 amide bonds. The fourth-order valence-electron chi connectivity index (χ4n) is 1.77. The van der Waals surface area contributed by atoms with Crippen LogP contribution in [-0.2, 0) is 4.74 Å². The number of ether oxygens (including phenoxy) is 1. The number of hydrogen-bond donors (Lipinski definition) is 1. The van der Waals surface area contributed by atoms with E-state index in [-0.39, 0.29) is 12.2 Å². The number of thiophene rings is 1. The molecule has 0 radical (unpaired) electrons. The van der Waals surface area contributed by atoms with E-state index in [9.17, 15) is 14.0 Å². The molecule has 0 saturated carbocycles. The maximum atomic E-state index is 13.1. The lowest BCUT2D eigenvalue weighted by Crippen LogP contribution is -2.14. The first-order chi connectivity index (χ1) is 10.0. The fraction of sp³-hybridized carbons (Fsp3) is 0.200. The number of benzene rings is 1. The Bertz CT molecular complexity index is 681. The van der Waals surface area contributed by atoms with Crippen molar-refractivity contribution in [3.8, 4) is 0 Å². The number of carbonyl (C=O) groups is 2. The van der Waals surface area contributed by atoms with Crippen LogP contribution in [0.4, 0.5) is 9.39 Å². The van der Waals surface area contributed by atoms with Crippen LogP contribution < -0.4 is 5.32 Å². The molecule has 0 spiro atoms. The Kier molecular flexibility index (Phi) is 4.70. The summed E-state index contributed by atoms with van der Waals surface area (Å²) >= 11 is 1.27. The van der Waals surface area contributed by atoms with E-state index in [1.54, 1.807) is 13.0 Å². The molecule has 0 saturated heterocycles. The minimum atomic E-state index is -0.490. The lowest BCUT2D eigenvalue weighted by Gasteiger charge is -2.06. The number of anilines is 1. The summed E-state index contributed by atoms with van der Waals surface area (Å²) in [5, 5.41) is 3.03. The molecule has 0 aliphatic heterocycles. The minimum Gasteiger partial charge on any atom is -0.462 e. The zero-order chi connectivity index (χ0) is 15.4. The molecule has 6 heteroatoms. The largest absolute Gasteiger partial charge is 0.462 e. The Hall–Kier alpha value is -2.21. The molecule has 1 N–H and O–H groups in total. The number of nitrogens with one attached hydrogen (secondary N) is 1. The zero-order valence-electron chi connectivity index (χ0n) is 11.6. The highest BCUT2D eigenvalue weighted by atomic mass is 32.1. The maximum absolute atomic E-state index is 13.1. The van der Waals surface area contributed by atoms with Crippen molar-refractivity contribution in [2.45, 2.75) is 13.8 Å². The topological polar surface area (TPSA) is 55.4 Å². The summed E-state index contributed by atoms with van der Waals surface area (Å²) in [6.07, 6.45) is 0. The van der Waals surface area contributed by atoms with Crippen molar-refractivity contribution in [2.24, 2.45) is 0 Å². The highest BCUT2D eigenvalue weighted by Crippen LogP contribution is 2.28. The number of esters is 1. The van der Waals surface area contributed by atoms with Gasteiger partial charge in [0.2, 0.25) is 0 Å². The lowest BCUT2D eigenvalue weighted by atomic mass is 10.2. The van der Waals surface area contributed by atoms with Gasteiger partial charge in [0.25, 0.3) is 5.91 Å². The van der Waals surface area contributed by atoms with E-state index in [2.05, 4.69) is 5.32 Å². The van der Waals surface area contributed by atoms with Gasteiger partial charge in [-0.05, 0) is 38.1 Å². The van der Waals surface area contributed by atoms with Crippen molar-refractivity contribution in [3.05, 3.63) is 52.2 Å². The summed E-state index contributed by atoms with van der Waals surface area (Å²) in [4.78, 5) is 24.8. The fourth-order valence-corrected chi connectivity index (χ4v) is 2.67. The molecule has 2 aromatic rings. The molecule has 0 atom stereocenters. The average molecular weight is 307 g/mol. The molecule has 110 valence electrons. The second-order valence-electron chi connectivity index (χ2n) is 4.28. The van der Waals surface area contributed by atoms with Crippen LogP contribution in [0.2, 0.25) is 0 Å². The average Bonchev–Trinajstić information content (AvgIpc) is 2.80. The highest BCUT2D eigenvalue weighted by molar-refractivity contribution is 7.16. The van der Waals surface area contributed by atoms with E-state index in [4.69, 9.17) is 4.74 Å². The molecule has 2 rings (SSSR count). The van der Waals surface area contributed by atoms with Crippen LogP contribution in [0.5, 0.6) is 0 Å². The number of carbonyl (C=O) groups excluding carboxylic acids is 2. The predicted molar refractivity (Wildman–Crippen MR) is 79.4 cm³/mol. The number of rotatable bonds is 4. The molecular weight excluding hydrogens is 293 g/mol. The SMILES string of the molecule is CCOC(=O)c1cc(C)sc1NC(=O)c1cccc(F)c1. The zero-order valence-corrected chi connectivity index (χ0v) is 12.4. The predicted octanol–water partition coefficient (Wildman–Crippen LogP) is 3.62. The molecule has 0 fully saturated rings. The molecule has 0 aliphatic rings. The van der Waals surface area contributed by atoms with Crippen molar-refractivity contribution < 1.29 is 18.7 Å². The quantitative estimate of drug-likeness (QED) is 0.878. The third kappa shape index (κ3) is 3.66. The van der Waals surface area contributed by atoms with Gasteiger partial charge in [-0.25, -0.2) is 9.18 Å². The van der Waals surface area contributed by atoms with E-state index >= 15 is 0 Å². The molecule has 0 unspecified atom stereocenters. The Morgan fingerprint density at radius 2 is 2.10 bits per heavy atom. The Labute approximate surface area is 125 Å². The van der Waals surface area contributed by atoms with Crippen molar-refractivity contribution in [3.63, 3.8) is 0 Å². The van der Waals surface area contributed by atoms with Crippen molar-refractivity contribution >= 4 is 28.2 Å². The van der Waals surface area contributed by atoms with Gasteiger partial charge in [0.15, 0.2) is 0 Å². The first kappa shape index (κ1) is 15.2. The Morgan fingerprint density at radius 1 is 1.33 bits per heavy atom. The molecule has 1 aromatic carbocycles. The molecule has 21 heavy (non-hydrogen) atoms. The summed E-state index contributed by atoms with van der Waals surface area (Å²) in [5.74, 6) is -1.45. The van der Waals surface area contributed by atoms with Gasteiger partial charge in [-0.2, -0.15) is 0 Å². The van der Waals surface area contributed by atoms with Crippen LogP contribution in [-0.4, -0.2) is 18.5 Å². The molecule has 1 heterocycles. The standard InChI is InChI=1S/C15H14FNO3S/c1-3-20-15(19)12-7-9(2)21-14(12)17-13(18)10-5-4-6-11(16)8-10/h4-8H,3H2,1-2H3,(H,17,18). The van der Waals surface area contributed by atoms with Crippen LogP contribution in [0.25, 0.3) is 0 Å². The van der Waals surface area contributed by atoms with Crippen LogP contribution in [0.1, 0.15) is 32.5 Å². The molecule has 1 aromatic heterocycles. The number of amides is 1. The van der Waals surface area contributed by atoms with Gasteiger partial charge in [0, 0.05) is 10.4 Å². The van der Waals surface area contributed by atoms with Gasteiger partial charge in [-0.3, -0.25) is 4.79 Å². The summed E-state index contributed by atoms with van der Waals surface area (Å²) in [7, 11) is 0. The minimum absolute atomic E-state index is 0.191. The van der Waals surface area contributed by atoms with Crippen LogP contribution in [0.15, 0.2) is 30.3 Å². The summed E-state index contributed by atoms with van der Waals surface area (Å²) in [6.45, 7) is 3.79. The van der Waals surface area contributed by atoms with Crippen LogP contribution >= 0.6 is 11.3 Å². The first-order valence-electron chi connectivity index (χ1n) is 6.35. The third-order valence-corrected chi connectivity index (χ3v) is 3.63. The summed E-state index contributed by atoms with van der Waals surface area (Å²) in [5.41, 5.74) is 0.500. The number of aryl methyl sites for hydroxylation is 1. The van der Waals surface area contributed by atoms with E-state index in [1.165, 1.54) is 29.5 Å². The Balaban J connectivity index is 2.23. The maximum Gasteiger partial charge on any atom is 0.341 e. The lowest BCUT2D eigenvalue weighted by molar-refractivity contribution is 0.0528. The van der Waals surface area contributed by atoms with Gasteiger partial charge in [0.05, 0.1) is 12.2 Å². The second-order valence-corrected chi connectivity index (χ2v) is 5.54. The van der Waals surface area contributed by atoms with Gasteiger partial charge < -0.3 is 10.1 Å². The van der Waals surface area contributed by atoms with E-state index in [0.29, 0.717) is 10.6 Å². The smallest absolute Gasteiger partial charge is 0.341 e. The van der Waals surface area contributed by atoms with E-state index in [0.717, 1.165) is 10.9 Å². The Morgan fingerprint density at radius 3 is 2.76 bits per heavy atom. The molecule has 0 aliphatic carbocycles. The van der Waals surface area contributed by atoms with Gasteiger partial charge >= 0.3 is 5.97 Å². The monoisotopic (exact) mass is 307 g/mol. The first-order valence-corrected chi connectivity index (χ1v) is 7.17. The molecule has 4 nitrogen and oxygen atoms in total. The third-order valence-electron chi connectivity index (χ3n) is 2.66. The van der Waals surface area contributed by atoms with Crippen molar-refractivity contribution in [2.75, 3.05) is 11.9 Å². The van der Waals surface area contributed by atoms with Crippen molar-refractivity contribution in [1.82, 2.24) is 0 Å². The number of halogens is 1. The molecular formula is C15H14FNO3S. The number of hydrogen-bond acceptors (Lipinski definition) is 4. The second kappa shape index (κ2) is 6.49. The van der Waals surface area contributed by atoms with Crippen molar-refractivity contribution in [1.29, 1.82) is 0 Å². The van der Waals surface area contributed by atoms with Crippen LogP contribution in [0, 0.1) is 12.7 Å². The van der Waals surface area contributed by atoms with Gasteiger partial charge in [-0.15, -0.1) is 11.3 Å². The van der Waals surface area contributed by atoms with Gasteiger partial charge in [-0.1, -0.05) is 6.07 Å². The van der Waals surface area contributed by atoms with Gasteiger partial charge in [0.1, 0.15) is 10.8 Å². The molecule has 0 bridgehead atoms. The van der Waals surface area contributed by atoms with E-state index < -0.39 is 17.7 Å². The van der Waals surface area contributed by atoms with Crippen LogP contribution in [0.3, 0.4) is 0 Å². The normalized spacial score (nSPS) is 10.2. The summed E-state index contributed by atoms with van der Waals surface area (Å²) in [6, 6.07) is 7.01. The summed E-state index contributed by atoms with van der Waals surface area (Å²) < 4.78 is 18.1.